The maximum Gasteiger partial charge on any atom is 0.409 e. The number of amides is 3. The average molecular weight is 374 g/mol. The van der Waals surface area contributed by atoms with Crippen molar-refractivity contribution in [1.82, 2.24) is 20.1 Å². The standard InChI is InChI=1S/C19H26N4O4/c1-2-27-19(26)22-8-5-16(6-9-22)21-18(25)15-10-17(24)23(13-15)12-14-4-3-7-20-11-14/h3-4,7,11,15-16H,2,5-6,8-10,12-13H2,1H3,(H,21,25)/t15-/m0/s1. The highest BCUT2D eigenvalue weighted by molar-refractivity contribution is 5.89. The van der Waals surface area contributed by atoms with Gasteiger partial charge in [0.15, 0.2) is 0 Å². The number of rotatable bonds is 5. The number of hydrogen-bond acceptors (Lipinski definition) is 5. The average Bonchev–Trinajstić information content (AvgIpc) is 3.04. The quantitative estimate of drug-likeness (QED) is 0.835. The van der Waals surface area contributed by atoms with Gasteiger partial charge in [-0.15, -0.1) is 0 Å². The molecule has 3 heterocycles. The van der Waals surface area contributed by atoms with Gasteiger partial charge in [-0.25, -0.2) is 4.79 Å². The maximum absolute atomic E-state index is 12.6. The summed E-state index contributed by atoms with van der Waals surface area (Å²) in [4.78, 5) is 44.0. The van der Waals surface area contributed by atoms with Crippen LogP contribution in [0.3, 0.4) is 0 Å². The highest BCUT2D eigenvalue weighted by Crippen LogP contribution is 2.21. The van der Waals surface area contributed by atoms with Crippen LogP contribution in [-0.2, 0) is 20.9 Å². The first-order valence-corrected chi connectivity index (χ1v) is 9.45. The summed E-state index contributed by atoms with van der Waals surface area (Å²) < 4.78 is 5.00. The molecule has 146 valence electrons. The van der Waals surface area contributed by atoms with Gasteiger partial charge in [0, 0.05) is 51.0 Å². The number of pyridine rings is 1. The lowest BCUT2D eigenvalue weighted by Crippen LogP contribution is -2.48. The summed E-state index contributed by atoms with van der Waals surface area (Å²) in [6, 6.07) is 3.79. The van der Waals surface area contributed by atoms with Gasteiger partial charge in [-0.3, -0.25) is 14.6 Å². The van der Waals surface area contributed by atoms with Crippen molar-refractivity contribution in [2.45, 2.75) is 38.8 Å². The summed E-state index contributed by atoms with van der Waals surface area (Å²) >= 11 is 0. The Morgan fingerprint density at radius 2 is 2.11 bits per heavy atom. The van der Waals surface area contributed by atoms with Crippen molar-refractivity contribution < 1.29 is 19.1 Å². The van der Waals surface area contributed by atoms with Gasteiger partial charge < -0.3 is 19.9 Å². The van der Waals surface area contributed by atoms with Crippen molar-refractivity contribution in [3.05, 3.63) is 30.1 Å². The number of carbonyl (C=O) groups is 3. The summed E-state index contributed by atoms with van der Waals surface area (Å²) in [6.45, 7) is 4.20. The fourth-order valence-corrected chi connectivity index (χ4v) is 3.55. The largest absolute Gasteiger partial charge is 0.450 e. The van der Waals surface area contributed by atoms with Gasteiger partial charge in [0.1, 0.15) is 0 Å². The minimum absolute atomic E-state index is 0.00358. The summed E-state index contributed by atoms with van der Waals surface area (Å²) in [5.41, 5.74) is 0.957. The molecule has 27 heavy (non-hydrogen) atoms. The lowest BCUT2D eigenvalue weighted by Gasteiger charge is -2.32. The number of piperidine rings is 1. The van der Waals surface area contributed by atoms with E-state index in [9.17, 15) is 14.4 Å². The number of aromatic nitrogens is 1. The summed E-state index contributed by atoms with van der Waals surface area (Å²) in [7, 11) is 0. The molecule has 2 aliphatic heterocycles. The Morgan fingerprint density at radius 3 is 2.78 bits per heavy atom. The van der Waals surface area contributed by atoms with E-state index in [0.717, 1.165) is 5.56 Å². The lowest BCUT2D eigenvalue weighted by molar-refractivity contribution is -0.129. The molecule has 0 saturated carbocycles. The predicted octanol–water partition coefficient (Wildman–Crippen LogP) is 1.17. The first-order chi connectivity index (χ1) is 13.1. The topological polar surface area (TPSA) is 91.8 Å². The third kappa shape index (κ3) is 4.96. The molecule has 1 atom stereocenters. The summed E-state index contributed by atoms with van der Waals surface area (Å²) in [5, 5.41) is 3.05. The van der Waals surface area contributed by atoms with Crippen LogP contribution in [0.15, 0.2) is 24.5 Å². The number of nitrogens with zero attached hydrogens (tertiary/aromatic N) is 3. The molecule has 2 aliphatic rings. The second-order valence-corrected chi connectivity index (χ2v) is 7.01. The maximum atomic E-state index is 12.6. The Hall–Kier alpha value is -2.64. The van der Waals surface area contributed by atoms with Gasteiger partial charge >= 0.3 is 6.09 Å². The number of ether oxygens (including phenoxy) is 1. The first kappa shape index (κ1) is 19.1. The molecular weight excluding hydrogens is 348 g/mol. The van der Waals surface area contributed by atoms with Crippen LogP contribution in [0, 0.1) is 5.92 Å². The summed E-state index contributed by atoms with van der Waals surface area (Å²) in [5.74, 6) is -0.403. The Balaban J connectivity index is 1.45. The van der Waals surface area contributed by atoms with E-state index in [0.29, 0.717) is 45.6 Å². The molecule has 3 amide bonds. The molecule has 1 N–H and O–H groups in total. The van der Waals surface area contributed by atoms with Gasteiger partial charge in [-0.05, 0) is 31.4 Å². The molecule has 2 saturated heterocycles. The third-order valence-corrected chi connectivity index (χ3v) is 5.05. The van der Waals surface area contributed by atoms with Crippen LogP contribution in [0.1, 0.15) is 31.7 Å². The molecule has 1 aromatic rings. The van der Waals surface area contributed by atoms with E-state index in [2.05, 4.69) is 10.3 Å². The molecular formula is C19H26N4O4. The van der Waals surface area contributed by atoms with E-state index in [1.165, 1.54) is 0 Å². The monoisotopic (exact) mass is 374 g/mol. The van der Waals surface area contributed by atoms with Crippen LogP contribution in [0.2, 0.25) is 0 Å². The molecule has 0 spiro atoms. The molecule has 1 aromatic heterocycles. The smallest absolute Gasteiger partial charge is 0.409 e. The Morgan fingerprint density at radius 1 is 1.33 bits per heavy atom. The third-order valence-electron chi connectivity index (χ3n) is 5.05. The van der Waals surface area contributed by atoms with E-state index in [4.69, 9.17) is 4.74 Å². The molecule has 2 fully saturated rings. The molecule has 0 unspecified atom stereocenters. The fraction of sp³-hybridized carbons (Fsp3) is 0.579. The predicted molar refractivity (Wildman–Crippen MR) is 97.5 cm³/mol. The minimum Gasteiger partial charge on any atom is -0.450 e. The van der Waals surface area contributed by atoms with Crippen molar-refractivity contribution in [1.29, 1.82) is 0 Å². The Bertz CT molecular complexity index is 674. The molecule has 8 nitrogen and oxygen atoms in total. The lowest BCUT2D eigenvalue weighted by atomic mass is 10.0. The van der Waals surface area contributed by atoms with Gasteiger partial charge in [-0.1, -0.05) is 6.07 Å². The zero-order valence-corrected chi connectivity index (χ0v) is 15.6. The van der Waals surface area contributed by atoms with E-state index >= 15 is 0 Å². The van der Waals surface area contributed by atoms with Gasteiger partial charge in [0.2, 0.25) is 11.8 Å². The zero-order valence-electron chi connectivity index (χ0n) is 15.6. The molecule has 0 aliphatic carbocycles. The van der Waals surface area contributed by atoms with Crippen molar-refractivity contribution in [3.63, 3.8) is 0 Å². The van der Waals surface area contributed by atoms with Crippen LogP contribution in [0.25, 0.3) is 0 Å². The van der Waals surface area contributed by atoms with Crippen molar-refractivity contribution in [3.8, 4) is 0 Å². The SMILES string of the molecule is CCOC(=O)N1CCC(NC(=O)[C@H]2CC(=O)N(Cc3cccnc3)C2)CC1. The number of carbonyl (C=O) groups excluding carboxylic acids is 3. The van der Waals surface area contributed by atoms with E-state index < -0.39 is 0 Å². The molecule has 3 rings (SSSR count). The second-order valence-electron chi connectivity index (χ2n) is 7.01. The summed E-state index contributed by atoms with van der Waals surface area (Å²) in [6.07, 6.45) is 4.77. The molecule has 8 heteroatoms. The zero-order chi connectivity index (χ0) is 19.2. The Kier molecular flexibility index (Phi) is 6.26. The molecule has 0 radical (unpaired) electrons. The number of likely N-dealkylation sites (tertiary alicyclic amines) is 2. The van der Waals surface area contributed by atoms with E-state index in [1.54, 1.807) is 29.1 Å². The van der Waals surface area contributed by atoms with Gasteiger partial charge in [0.05, 0.1) is 12.5 Å². The second kappa shape index (κ2) is 8.83. The number of nitrogens with one attached hydrogen (secondary N) is 1. The van der Waals surface area contributed by atoms with Gasteiger partial charge in [0.25, 0.3) is 0 Å². The van der Waals surface area contributed by atoms with Gasteiger partial charge in [-0.2, -0.15) is 0 Å². The van der Waals surface area contributed by atoms with E-state index in [1.807, 2.05) is 12.1 Å². The minimum atomic E-state index is -0.322. The highest BCUT2D eigenvalue weighted by atomic mass is 16.6. The van der Waals surface area contributed by atoms with Crippen LogP contribution in [0.4, 0.5) is 4.79 Å². The van der Waals surface area contributed by atoms with Crippen molar-refractivity contribution in [2.75, 3.05) is 26.2 Å². The Labute approximate surface area is 158 Å². The van der Waals surface area contributed by atoms with Crippen LogP contribution < -0.4 is 5.32 Å². The normalized spacial score (nSPS) is 20.6. The highest BCUT2D eigenvalue weighted by Gasteiger charge is 2.35. The van der Waals surface area contributed by atoms with Crippen LogP contribution >= 0.6 is 0 Å². The van der Waals surface area contributed by atoms with E-state index in [-0.39, 0.29) is 36.3 Å². The molecule has 0 aromatic carbocycles. The van der Waals surface area contributed by atoms with Crippen LogP contribution in [-0.4, -0.2) is 65.0 Å². The number of hydrogen-bond donors (Lipinski definition) is 1. The van der Waals surface area contributed by atoms with Crippen molar-refractivity contribution in [2.24, 2.45) is 5.92 Å². The fourth-order valence-electron chi connectivity index (χ4n) is 3.55. The van der Waals surface area contributed by atoms with Crippen LogP contribution in [0.5, 0.6) is 0 Å². The molecule has 0 bridgehead atoms. The van der Waals surface area contributed by atoms with Crippen molar-refractivity contribution >= 4 is 17.9 Å². The first-order valence-electron chi connectivity index (χ1n) is 9.45.